The molecule has 0 aliphatic heterocycles. The van der Waals surface area contributed by atoms with Crippen molar-refractivity contribution in [2.24, 2.45) is 0 Å². The fourth-order valence-electron chi connectivity index (χ4n) is 3.47. The molecule has 28 heavy (non-hydrogen) atoms. The molecule has 5 heteroatoms. The third-order valence-corrected chi connectivity index (χ3v) is 4.91. The Morgan fingerprint density at radius 3 is 2.43 bits per heavy atom. The van der Waals surface area contributed by atoms with Gasteiger partial charge in [-0.3, -0.25) is 0 Å². The standard InChI is InChI=1S/C23H33NO4/c1-6-7-8-9-17-10-12-18(13-11-17)19-14-15-23(16-19,20(25)27-5)24-21(26)28-22(2,3)4/h10-15,19H,6-9,16H2,1-5H3,(H,24,26)/t19-,23+/m0/s1. The van der Waals surface area contributed by atoms with Crippen LogP contribution in [-0.4, -0.2) is 30.3 Å². The predicted octanol–water partition coefficient (Wildman–Crippen LogP) is 4.90. The monoisotopic (exact) mass is 387 g/mol. The van der Waals surface area contributed by atoms with Crippen molar-refractivity contribution in [2.45, 2.75) is 76.9 Å². The zero-order valence-corrected chi connectivity index (χ0v) is 17.7. The molecule has 0 heterocycles. The summed E-state index contributed by atoms with van der Waals surface area (Å²) in [5.74, 6) is -0.466. The number of allylic oxidation sites excluding steroid dienone is 1. The molecule has 2 rings (SSSR count). The number of esters is 1. The van der Waals surface area contributed by atoms with Crippen LogP contribution >= 0.6 is 0 Å². The molecular formula is C23H33NO4. The highest BCUT2D eigenvalue weighted by Crippen LogP contribution is 2.36. The number of unbranched alkanes of at least 4 members (excludes halogenated alkanes) is 2. The van der Waals surface area contributed by atoms with Gasteiger partial charge in [-0.2, -0.15) is 0 Å². The highest BCUT2D eigenvalue weighted by molar-refractivity contribution is 5.89. The lowest BCUT2D eigenvalue weighted by Crippen LogP contribution is -2.54. The predicted molar refractivity (Wildman–Crippen MR) is 110 cm³/mol. The normalized spacial score (nSPS) is 21.4. The lowest BCUT2D eigenvalue weighted by molar-refractivity contribution is -0.146. The second-order valence-electron chi connectivity index (χ2n) is 8.46. The minimum Gasteiger partial charge on any atom is -0.467 e. The SMILES string of the molecule is CCCCCc1ccc([C@H]2C=C[C@](NC(=O)OC(C)(C)C)(C(=O)OC)C2)cc1. The molecule has 0 saturated heterocycles. The van der Waals surface area contributed by atoms with Crippen LogP contribution in [0.25, 0.3) is 0 Å². The summed E-state index contributed by atoms with van der Waals surface area (Å²) in [4.78, 5) is 24.7. The zero-order chi connectivity index (χ0) is 20.8. The molecule has 2 atom stereocenters. The van der Waals surface area contributed by atoms with Gasteiger partial charge in [-0.1, -0.05) is 56.2 Å². The lowest BCUT2D eigenvalue weighted by atomic mass is 9.90. The number of alkyl carbamates (subject to hydrolysis) is 1. The molecule has 1 amide bonds. The molecule has 1 aromatic carbocycles. The van der Waals surface area contributed by atoms with Crippen LogP contribution in [0.15, 0.2) is 36.4 Å². The van der Waals surface area contributed by atoms with Crippen LogP contribution in [0.3, 0.4) is 0 Å². The maximum absolute atomic E-state index is 12.5. The van der Waals surface area contributed by atoms with Crippen molar-refractivity contribution in [2.75, 3.05) is 7.11 Å². The first-order valence-electron chi connectivity index (χ1n) is 10.1. The first-order valence-corrected chi connectivity index (χ1v) is 10.1. The average Bonchev–Trinajstić information content (AvgIpc) is 3.05. The summed E-state index contributed by atoms with van der Waals surface area (Å²) in [5.41, 5.74) is 0.593. The van der Waals surface area contributed by atoms with E-state index in [1.54, 1.807) is 26.8 Å². The Bertz CT molecular complexity index is 702. The van der Waals surface area contributed by atoms with E-state index in [1.807, 2.05) is 6.08 Å². The quantitative estimate of drug-likeness (QED) is 0.411. The molecule has 0 bridgehead atoms. The Morgan fingerprint density at radius 2 is 1.86 bits per heavy atom. The second-order valence-corrected chi connectivity index (χ2v) is 8.46. The van der Waals surface area contributed by atoms with Crippen LogP contribution in [0.2, 0.25) is 0 Å². The van der Waals surface area contributed by atoms with Crippen molar-refractivity contribution in [3.05, 3.63) is 47.5 Å². The van der Waals surface area contributed by atoms with Crippen molar-refractivity contribution in [1.82, 2.24) is 5.32 Å². The summed E-state index contributed by atoms with van der Waals surface area (Å²) in [6, 6.07) is 8.52. The van der Waals surface area contributed by atoms with E-state index in [4.69, 9.17) is 9.47 Å². The lowest BCUT2D eigenvalue weighted by Gasteiger charge is -2.29. The van der Waals surface area contributed by atoms with Gasteiger partial charge < -0.3 is 14.8 Å². The number of methoxy groups -OCH3 is 1. The highest BCUT2D eigenvalue weighted by atomic mass is 16.6. The molecule has 0 spiro atoms. The van der Waals surface area contributed by atoms with E-state index in [-0.39, 0.29) is 5.92 Å². The van der Waals surface area contributed by atoms with E-state index in [0.29, 0.717) is 6.42 Å². The minimum absolute atomic E-state index is 0.0266. The number of aryl methyl sites for hydroxylation is 1. The Balaban J connectivity index is 2.09. The van der Waals surface area contributed by atoms with Crippen LogP contribution in [-0.2, 0) is 20.7 Å². The fraction of sp³-hybridized carbons (Fsp3) is 0.565. The summed E-state index contributed by atoms with van der Waals surface area (Å²) >= 11 is 0. The van der Waals surface area contributed by atoms with E-state index >= 15 is 0 Å². The molecule has 1 aliphatic rings. The van der Waals surface area contributed by atoms with Gasteiger partial charge in [0.05, 0.1) is 7.11 Å². The van der Waals surface area contributed by atoms with Gasteiger partial charge in [0.1, 0.15) is 5.60 Å². The van der Waals surface area contributed by atoms with Crippen LogP contribution in [0.5, 0.6) is 0 Å². The van der Waals surface area contributed by atoms with Gasteiger partial charge in [-0.05, 0) is 51.2 Å². The highest BCUT2D eigenvalue weighted by Gasteiger charge is 2.45. The van der Waals surface area contributed by atoms with Crippen molar-refractivity contribution in [3.8, 4) is 0 Å². The van der Waals surface area contributed by atoms with Crippen LogP contribution in [0.1, 0.15) is 70.4 Å². The maximum Gasteiger partial charge on any atom is 0.408 e. The summed E-state index contributed by atoms with van der Waals surface area (Å²) in [7, 11) is 1.33. The fourth-order valence-corrected chi connectivity index (χ4v) is 3.47. The number of nitrogens with one attached hydrogen (secondary N) is 1. The second kappa shape index (κ2) is 9.26. The number of carbonyl (C=O) groups excluding carboxylic acids is 2. The Labute approximate surface area is 168 Å². The Morgan fingerprint density at radius 1 is 1.18 bits per heavy atom. The molecule has 0 fully saturated rings. The Kier molecular flexibility index (Phi) is 7.28. The third-order valence-electron chi connectivity index (χ3n) is 4.91. The van der Waals surface area contributed by atoms with Crippen LogP contribution < -0.4 is 5.32 Å². The average molecular weight is 388 g/mol. The first-order chi connectivity index (χ1) is 13.2. The third kappa shape index (κ3) is 5.85. The summed E-state index contributed by atoms with van der Waals surface area (Å²) in [6.07, 6.45) is 8.20. The van der Waals surface area contributed by atoms with Crippen molar-refractivity contribution < 1.29 is 19.1 Å². The number of carbonyl (C=O) groups is 2. The molecule has 0 aromatic heterocycles. The number of hydrogen-bond acceptors (Lipinski definition) is 4. The molecule has 1 N–H and O–H groups in total. The molecule has 1 aromatic rings. The van der Waals surface area contributed by atoms with E-state index in [9.17, 15) is 9.59 Å². The molecular weight excluding hydrogens is 354 g/mol. The van der Waals surface area contributed by atoms with Crippen molar-refractivity contribution in [3.63, 3.8) is 0 Å². The molecule has 5 nitrogen and oxygen atoms in total. The van der Waals surface area contributed by atoms with E-state index in [0.717, 1.165) is 12.0 Å². The number of rotatable bonds is 7. The van der Waals surface area contributed by atoms with Crippen LogP contribution in [0.4, 0.5) is 4.79 Å². The molecule has 154 valence electrons. The summed E-state index contributed by atoms with van der Waals surface area (Å²) in [6.45, 7) is 7.56. The van der Waals surface area contributed by atoms with Gasteiger partial charge in [0, 0.05) is 5.92 Å². The largest absolute Gasteiger partial charge is 0.467 e. The summed E-state index contributed by atoms with van der Waals surface area (Å²) in [5, 5.41) is 2.72. The van der Waals surface area contributed by atoms with E-state index < -0.39 is 23.2 Å². The van der Waals surface area contributed by atoms with Crippen molar-refractivity contribution in [1.29, 1.82) is 0 Å². The van der Waals surface area contributed by atoms with Crippen LogP contribution in [0, 0.1) is 0 Å². The molecule has 1 aliphatic carbocycles. The van der Waals surface area contributed by atoms with Gasteiger partial charge in [-0.25, -0.2) is 9.59 Å². The van der Waals surface area contributed by atoms with Gasteiger partial charge in [0.25, 0.3) is 0 Å². The first kappa shape index (κ1) is 22.0. The van der Waals surface area contributed by atoms with Gasteiger partial charge >= 0.3 is 12.1 Å². The number of hydrogen-bond donors (Lipinski definition) is 1. The van der Waals surface area contributed by atoms with E-state index in [1.165, 1.54) is 31.9 Å². The molecule has 0 unspecified atom stereocenters. The van der Waals surface area contributed by atoms with Gasteiger partial charge in [0.2, 0.25) is 0 Å². The number of ether oxygens (including phenoxy) is 2. The Hall–Kier alpha value is -2.30. The number of benzene rings is 1. The summed E-state index contributed by atoms with van der Waals surface area (Å²) < 4.78 is 10.3. The molecule has 0 radical (unpaired) electrons. The maximum atomic E-state index is 12.5. The molecule has 0 saturated carbocycles. The topological polar surface area (TPSA) is 64.6 Å². The van der Waals surface area contributed by atoms with Gasteiger partial charge in [0.15, 0.2) is 5.54 Å². The minimum atomic E-state index is -1.21. The van der Waals surface area contributed by atoms with E-state index in [2.05, 4.69) is 36.5 Å². The number of amides is 1. The van der Waals surface area contributed by atoms with Gasteiger partial charge in [-0.15, -0.1) is 0 Å². The zero-order valence-electron chi connectivity index (χ0n) is 17.7. The smallest absolute Gasteiger partial charge is 0.408 e. The van der Waals surface area contributed by atoms with Crippen molar-refractivity contribution >= 4 is 12.1 Å².